The molecule has 0 atom stereocenters. The van der Waals surface area contributed by atoms with Gasteiger partial charge in [-0.3, -0.25) is 9.89 Å². The molecular formula is C20H24N4O. The van der Waals surface area contributed by atoms with Crippen molar-refractivity contribution in [2.75, 3.05) is 6.54 Å². The molecule has 2 heterocycles. The Kier molecular flexibility index (Phi) is 4.55. The third-order valence-electron chi connectivity index (χ3n) is 5.12. The maximum atomic E-state index is 12.1. The van der Waals surface area contributed by atoms with Crippen LogP contribution in [0.25, 0.3) is 10.9 Å². The summed E-state index contributed by atoms with van der Waals surface area (Å²) in [7, 11) is 0. The van der Waals surface area contributed by atoms with E-state index in [0.717, 1.165) is 36.9 Å². The minimum Gasteiger partial charge on any atom is -0.361 e. The molecule has 2 aromatic heterocycles. The molecule has 5 heteroatoms. The smallest absolute Gasteiger partial charge is 0.220 e. The average molecular weight is 336 g/mol. The maximum Gasteiger partial charge on any atom is 0.220 e. The number of hydrogen-bond acceptors (Lipinski definition) is 2. The molecule has 130 valence electrons. The highest BCUT2D eigenvalue weighted by Crippen LogP contribution is 2.22. The van der Waals surface area contributed by atoms with Crippen molar-refractivity contribution in [1.82, 2.24) is 20.5 Å². The summed E-state index contributed by atoms with van der Waals surface area (Å²) in [6, 6.07) is 8.21. The topological polar surface area (TPSA) is 73.6 Å². The van der Waals surface area contributed by atoms with Gasteiger partial charge >= 0.3 is 0 Å². The van der Waals surface area contributed by atoms with Gasteiger partial charge in [-0.15, -0.1) is 0 Å². The Morgan fingerprint density at radius 3 is 3.00 bits per heavy atom. The van der Waals surface area contributed by atoms with E-state index in [9.17, 15) is 4.79 Å². The molecule has 1 aliphatic rings. The van der Waals surface area contributed by atoms with E-state index in [4.69, 9.17) is 0 Å². The molecule has 4 rings (SSSR count). The number of amides is 1. The molecule has 3 N–H and O–H groups in total. The summed E-state index contributed by atoms with van der Waals surface area (Å²) >= 11 is 0. The molecule has 25 heavy (non-hydrogen) atoms. The number of rotatable bonds is 6. The minimum absolute atomic E-state index is 0.106. The van der Waals surface area contributed by atoms with Crippen LogP contribution < -0.4 is 5.32 Å². The monoisotopic (exact) mass is 336 g/mol. The number of para-hydroxylation sites is 1. The van der Waals surface area contributed by atoms with Crippen molar-refractivity contribution >= 4 is 16.8 Å². The van der Waals surface area contributed by atoms with Crippen molar-refractivity contribution in [2.45, 2.75) is 44.9 Å². The lowest BCUT2D eigenvalue weighted by Gasteiger charge is -2.11. The Morgan fingerprint density at radius 2 is 2.04 bits per heavy atom. The summed E-state index contributed by atoms with van der Waals surface area (Å²) in [6.45, 7) is 0.657. The van der Waals surface area contributed by atoms with Gasteiger partial charge < -0.3 is 10.3 Å². The van der Waals surface area contributed by atoms with E-state index in [2.05, 4.69) is 32.6 Å². The fraction of sp³-hybridized carbons (Fsp3) is 0.400. The number of carbonyl (C=O) groups excluding carboxylic acids is 1. The average Bonchev–Trinajstić information content (AvgIpc) is 3.24. The van der Waals surface area contributed by atoms with E-state index < -0.39 is 0 Å². The van der Waals surface area contributed by atoms with E-state index in [-0.39, 0.29) is 5.91 Å². The molecule has 0 fully saturated rings. The SMILES string of the molecule is O=C(CCc1c[nH]c2ccccc12)NCCc1n[nH]c2c1CCCC2. The van der Waals surface area contributed by atoms with Crippen LogP contribution in [-0.4, -0.2) is 27.6 Å². The summed E-state index contributed by atoms with van der Waals surface area (Å²) in [5.74, 6) is 0.106. The summed E-state index contributed by atoms with van der Waals surface area (Å²) in [4.78, 5) is 15.4. The molecule has 1 aromatic carbocycles. The van der Waals surface area contributed by atoms with E-state index >= 15 is 0 Å². The highest BCUT2D eigenvalue weighted by molar-refractivity contribution is 5.84. The number of nitrogens with one attached hydrogen (secondary N) is 3. The number of carbonyl (C=O) groups is 1. The van der Waals surface area contributed by atoms with Gasteiger partial charge in [-0.25, -0.2) is 0 Å². The van der Waals surface area contributed by atoms with Crippen LogP contribution in [0, 0.1) is 0 Å². The van der Waals surface area contributed by atoms with Gasteiger partial charge in [-0.2, -0.15) is 5.10 Å². The molecule has 5 nitrogen and oxygen atoms in total. The van der Waals surface area contributed by atoms with Gasteiger partial charge in [0.2, 0.25) is 5.91 Å². The number of hydrogen-bond donors (Lipinski definition) is 3. The second-order valence-electron chi connectivity index (χ2n) is 6.79. The Bertz CT molecular complexity index is 877. The summed E-state index contributed by atoms with van der Waals surface area (Å²) in [5.41, 5.74) is 6.14. The fourth-order valence-electron chi connectivity index (χ4n) is 3.75. The molecule has 0 aliphatic heterocycles. The summed E-state index contributed by atoms with van der Waals surface area (Å²) < 4.78 is 0. The Balaban J connectivity index is 1.26. The van der Waals surface area contributed by atoms with E-state index in [0.29, 0.717) is 13.0 Å². The first-order valence-electron chi connectivity index (χ1n) is 9.18. The standard InChI is InChI=1S/C20H24N4O/c25-20(10-9-14-13-22-17-7-3-1-5-15(14)17)21-12-11-19-16-6-2-4-8-18(16)23-24-19/h1,3,5,7,13,22H,2,4,6,8-12H2,(H,21,25)(H,23,24). The lowest BCUT2D eigenvalue weighted by Crippen LogP contribution is -2.26. The van der Waals surface area contributed by atoms with Crippen LogP contribution in [-0.2, 0) is 30.5 Å². The lowest BCUT2D eigenvalue weighted by molar-refractivity contribution is -0.121. The first-order chi connectivity index (χ1) is 12.3. The summed E-state index contributed by atoms with van der Waals surface area (Å²) in [6.07, 6.45) is 8.82. The molecule has 1 aliphatic carbocycles. The Morgan fingerprint density at radius 1 is 1.16 bits per heavy atom. The largest absolute Gasteiger partial charge is 0.361 e. The highest BCUT2D eigenvalue weighted by Gasteiger charge is 2.16. The normalized spacial score (nSPS) is 13.8. The number of aromatic amines is 2. The molecular weight excluding hydrogens is 312 g/mol. The quantitative estimate of drug-likeness (QED) is 0.647. The molecule has 0 unspecified atom stereocenters. The third kappa shape index (κ3) is 3.45. The number of aryl methyl sites for hydroxylation is 2. The van der Waals surface area contributed by atoms with Crippen LogP contribution in [0.1, 0.15) is 41.8 Å². The maximum absolute atomic E-state index is 12.1. The van der Waals surface area contributed by atoms with Crippen LogP contribution in [0.2, 0.25) is 0 Å². The van der Waals surface area contributed by atoms with Crippen LogP contribution in [0.4, 0.5) is 0 Å². The molecule has 0 saturated heterocycles. The predicted octanol–water partition coefficient (Wildman–Crippen LogP) is 3.06. The van der Waals surface area contributed by atoms with Gasteiger partial charge in [0.1, 0.15) is 0 Å². The second kappa shape index (κ2) is 7.13. The zero-order valence-corrected chi connectivity index (χ0v) is 14.4. The number of aromatic nitrogens is 3. The summed E-state index contributed by atoms with van der Waals surface area (Å²) in [5, 5.41) is 11.8. The fourth-order valence-corrected chi connectivity index (χ4v) is 3.75. The van der Waals surface area contributed by atoms with Crippen LogP contribution in [0.5, 0.6) is 0 Å². The van der Waals surface area contributed by atoms with Crippen molar-refractivity contribution < 1.29 is 4.79 Å². The number of H-pyrrole nitrogens is 2. The molecule has 0 spiro atoms. The van der Waals surface area contributed by atoms with Gasteiger partial charge in [0.15, 0.2) is 0 Å². The van der Waals surface area contributed by atoms with Gasteiger partial charge in [0, 0.05) is 42.2 Å². The predicted molar refractivity (Wildman–Crippen MR) is 98.6 cm³/mol. The van der Waals surface area contributed by atoms with E-state index in [1.54, 1.807) is 0 Å². The molecule has 1 amide bonds. The number of fused-ring (bicyclic) bond motifs is 2. The third-order valence-corrected chi connectivity index (χ3v) is 5.12. The highest BCUT2D eigenvalue weighted by atomic mass is 16.1. The van der Waals surface area contributed by atoms with Crippen LogP contribution in [0.15, 0.2) is 30.5 Å². The number of nitrogens with zero attached hydrogens (tertiary/aromatic N) is 1. The minimum atomic E-state index is 0.106. The molecule has 0 bridgehead atoms. The molecule has 3 aromatic rings. The van der Waals surface area contributed by atoms with Crippen molar-refractivity contribution in [3.63, 3.8) is 0 Å². The van der Waals surface area contributed by atoms with E-state index in [1.165, 1.54) is 35.0 Å². The first-order valence-corrected chi connectivity index (χ1v) is 9.18. The van der Waals surface area contributed by atoms with Gasteiger partial charge in [-0.1, -0.05) is 18.2 Å². The molecule has 0 radical (unpaired) electrons. The van der Waals surface area contributed by atoms with Gasteiger partial charge in [-0.05, 0) is 49.3 Å². The zero-order valence-electron chi connectivity index (χ0n) is 14.4. The van der Waals surface area contributed by atoms with Crippen molar-refractivity contribution in [3.05, 3.63) is 53.0 Å². The number of benzene rings is 1. The zero-order chi connectivity index (χ0) is 17.1. The van der Waals surface area contributed by atoms with Crippen molar-refractivity contribution in [2.24, 2.45) is 0 Å². The Hall–Kier alpha value is -2.56. The van der Waals surface area contributed by atoms with Gasteiger partial charge in [0.05, 0.1) is 5.69 Å². The Labute approximate surface area is 147 Å². The van der Waals surface area contributed by atoms with Gasteiger partial charge in [0.25, 0.3) is 0 Å². The van der Waals surface area contributed by atoms with Crippen LogP contribution in [0.3, 0.4) is 0 Å². The lowest BCUT2D eigenvalue weighted by atomic mass is 9.95. The van der Waals surface area contributed by atoms with Crippen molar-refractivity contribution in [3.8, 4) is 0 Å². The van der Waals surface area contributed by atoms with Crippen molar-refractivity contribution in [1.29, 1.82) is 0 Å². The second-order valence-corrected chi connectivity index (χ2v) is 6.79. The first kappa shape index (κ1) is 15.9. The molecule has 0 saturated carbocycles. The van der Waals surface area contributed by atoms with E-state index in [1.807, 2.05) is 18.3 Å². The van der Waals surface area contributed by atoms with Crippen LogP contribution >= 0.6 is 0 Å².